The molecule has 0 aliphatic carbocycles. The highest BCUT2D eigenvalue weighted by atomic mass is 32.2. The molecule has 3 rings (SSSR count). The number of benzene rings is 2. The first-order valence-corrected chi connectivity index (χ1v) is 9.91. The van der Waals surface area contributed by atoms with Crippen molar-refractivity contribution in [1.82, 2.24) is 4.72 Å². The lowest BCUT2D eigenvalue weighted by Crippen LogP contribution is -2.25. The van der Waals surface area contributed by atoms with Gasteiger partial charge in [0.15, 0.2) is 0 Å². The van der Waals surface area contributed by atoms with Gasteiger partial charge in [-0.1, -0.05) is 24.3 Å². The maximum absolute atomic E-state index is 12.5. The number of ether oxygens (including phenoxy) is 1. The highest BCUT2D eigenvalue weighted by Crippen LogP contribution is 2.29. The number of nitrogens with zero attached hydrogens (tertiary/aromatic N) is 1. The van der Waals surface area contributed by atoms with E-state index < -0.39 is 27.0 Å². The molecule has 0 unspecified atom stereocenters. The molecule has 2 aromatic carbocycles. The minimum atomic E-state index is -4.98. The van der Waals surface area contributed by atoms with Crippen molar-refractivity contribution in [2.24, 2.45) is 0 Å². The van der Waals surface area contributed by atoms with Gasteiger partial charge in [-0.3, -0.25) is 0 Å². The lowest BCUT2D eigenvalue weighted by atomic mass is 10.2. The highest BCUT2D eigenvalue weighted by molar-refractivity contribution is 7.89. The van der Waals surface area contributed by atoms with Gasteiger partial charge < -0.3 is 9.64 Å². The zero-order valence-corrected chi connectivity index (χ0v) is 15.2. The SMILES string of the molecule is O=S(=O)(NCc1ccc(N2CCCC2)cc1)c1ccccc1OC(F)(F)F. The van der Waals surface area contributed by atoms with Gasteiger partial charge >= 0.3 is 6.36 Å². The van der Waals surface area contributed by atoms with Crippen LogP contribution in [-0.4, -0.2) is 27.9 Å². The Morgan fingerprint density at radius 3 is 2.26 bits per heavy atom. The Balaban J connectivity index is 1.70. The number of hydrogen-bond donors (Lipinski definition) is 1. The maximum Gasteiger partial charge on any atom is 0.573 e. The Labute approximate surface area is 155 Å². The second-order valence-corrected chi connectivity index (χ2v) is 7.92. The molecule has 1 fully saturated rings. The summed E-state index contributed by atoms with van der Waals surface area (Å²) in [6.45, 7) is 1.97. The van der Waals surface area contributed by atoms with E-state index in [2.05, 4.69) is 14.4 Å². The second-order valence-electron chi connectivity index (χ2n) is 6.18. The first-order valence-electron chi connectivity index (χ1n) is 8.43. The molecule has 9 heteroatoms. The van der Waals surface area contributed by atoms with Crippen molar-refractivity contribution in [3.63, 3.8) is 0 Å². The number of hydrogen-bond acceptors (Lipinski definition) is 4. The molecular weight excluding hydrogens is 381 g/mol. The van der Waals surface area contributed by atoms with E-state index in [9.17, 15) is 21.6 Å². The van der Waals surface area contributed by atoms with Crippen LogP contribution < -0.4 is 14.4 Å². The van der Waals surface area contributed by atoms with Gasteiger partial charge in [-0.05, 0) is 42.7 Å². The van der Waals surface area contributed by atoms with E-state index in [4.69, 9.17) is 0 Å². The molecular formula is C18H19F3N2O3S. The van der Waals surface area contributed by atoms with Crippen LogP contribution in [0.4, 0.5) is 18.9 Å². The number of sulfonamides is 1. The summed E-state index contributed by atoms with van der Waals surface area (Å²) in [5.41, 5.74) is 1.78. The standard InChI is InChI=1S/C18H19F3N2O3S/c19-18(20,21)26-16-5-1-2-6-17(16)27(24,25)22-13-14-7-9-15(10-8-14)23-11-3-4-12-23/h1-2,5-10,22H,3-4,11-13H2. The van der Waals surface area contributed by atoms with E-state index in [1.165, 1.54) is 12.1 Å². The van der Waals surface area contributed by atoms with Gasteiger partial charge in [-0.2, -0.15) is 0 Å². The maximum atomic E-state index is 12.5. The van der Waals surface area contributed by atoms with Gasteiger partial charge in [0.2, 0.25) is 10.0 Å². The van der Waals surface area contributed by atoms with E-state index in [1.54, 1.807) is 12.1 Å². The van der Waals surface area contributed by atoms with Crippen LogP contribution in [-0.2, 0) is 16.6 Å². The van der Waals surface area contributed by atoms with Gasteiger partial charge in [-0.25, -0.2) is 13.1 Å². The zero-order chi connectivity index (χ0) is 19.5. The molecule has 0 bridgehead atoms. The Bertz CT molecular complexity index is 877. The van der Waals surface area contributed by atoms with Crippen LogP contribution >= 0.6 is 0 Å². The van der Waals surface area contributed by atoms with Crippen LogP contribution in [0.3, 0.4) is 0 Å². The largest absolute Gasteiger partial charge is 0.573 e. The molecule has 27 heavy (non-hydrogen) atoms. The van der Waals surface area contributed by atoms with E-state index in [-0.39, 0.29) is 6.54 Å². The van der Waals surface area contributed by atoms with Crippen LogP contribution in [0.5, 0.6) is 5.75 Å². The molecule has 146 valence electrons. The molecule has 0 atom stereocenters. The van der Waals surface area contributed by atoms with Crippen LogP contribution in [0.25, 0.3) is 0 Å². The molecule has 0 spiro atoms. The van der Waals surface area contributed by atoms with Crippen LogP contribution in [0, 0.1) is 0 Å². The smallest absolute Gasteiger partial charge is 0.404 e. The van der Waals surface area contributed by atoms with Crippen LogP contribution in [0.15, 0.2) is 53.4 Å². The fraction of sp³-hybridized carbons (Fsp3) is 0.333. The molecule has 0 amide bonds. The zero-order valence-electron chi connectivity index (χ0n) is 14.4. The summed E-state index contributed by atoms with van der Waals surface area (Å²) in [4.78, 5) is 1.69. The molecule has 1 saturated heterocycles. The first-order chi connectivity index (χ1) is 12.7. The minimum absolute atomic E-state index is 0.0387. The fourth-order valence-corrected chi connectivity index (χ4v) is 4.08. The Morgan fingerprint density at radius 1 is 1.00 bits per heavy atom. The van der Waals surface area contributed by atoms with Crippen molar-refractivity contribution >= 4 is 15.7 Å². The van der Waals surface area contributed by atoms with Gasteiger partial charge in [-0.15, -0.1) is 13.2 Å². The van der Waals surface area contributed by atoms with Crippen molar-refractivity contribution < 1.29 is 26.3 Å². The van der Waals surface area contributed by atoms with Crippen LogP contribution in [0.1, 0.15) is 18.4 Å². The Hall–Kier alpha value is -2.26. The predicted molar refractivity (Wildman–Crippen MR) is 95.0 cm³/mol. The summed E-state index contributed by atoms with van der Waals surface area (Å²) in [6, 6.07) is 12.1. The van der Waals surface area contributed by atoms with Crippen molar-refractivity contribution in [1.29, 1.82) is 0 Å². The van der Waals surface area contributed by atoms with Gasteiger partial charge in [0.25, 0.3) is 0 Å². The fourth-order valence-electron chi connectivity index (χ4n) is 2.94. The van der Waals surface area contributed by atoms with E-state index in [1.807, 2.05) is 12.1 Å². The third kappa shape index (κ3) is 5.14. The number of halogens is 3. The van der Waals surface area contributed by atoms with E-state index in [0.29, 0.717) is 5.56 Å². The molecule has 2 aromatic rings. The lowest BCUT2D eigenvalue weighted by molar-refractivity contribution is -0.275. The number of nitrogens with one attached hydrogen (secondary N) is 1. The Kier molecular flexibility index (Phi) is 5.61. The van der Waals surface area contributed by atoms with Crippen molar-refractivity contribution in [3.05, 3.63) is 54.1 Å². The second kappa shape index (κ2) is 7.77. The third-order valence-corrected chi connectivity index (χ3v) is 5.68. The highest BCUT2D eigenvalue weighted by Gasteiger charge is 2.33. The van der Waals surface area contributed by atoms with Crippen LogP contribution in [0.2, 0.25) is 0 Å². The quantitative estimate of drug-likeness (QED) is 0.804. The molecule has 1 aliphatic heterocycles. The average molecular weight is 400 g/mol. The van der Waals surface area contributed by atoms with Gasteiger partial charge in [0.05, 0.1) is 0 Å². The first kappa shape index (κ1) is 19.5. The number of alkyl halides is 3. The van der Waals surface area contributed by atoms with E-state index >= 15 is 0 Å². The lowest BCUT2D eigenvalue weighted by Gasteiger charge is -2.18. The topological polar surface area (TPSA) is 58.6 Å². The Morgan fingerprint density at radius 2 is 1.63 bits per heavy atom. The summed E-state index contributed by atoms with van der Waals surface area (Å²) in [7, 11) is -4.17. The number of anilines is 1. The average Bonchev–Trinajstić information content (AvgIpc) is 3.14. The molecule has 5 nitrogen and oxygen atoms in total. The summed E-state index contributed by atoms with van der Waals surface area (Å²) >= 11 is 0. The van der Waals surface area contributed by atoms with E-state index in [0.717, 1.165) is 43.8 Å². The van der Waals surface area contributed by atoms with Crippen molar-refractivity contribution in [2.75, 3.05) is 18.0 Å². The monoisotopic (exact) mass is 400 g/mol. The molecule has 0 aromatic heterocycles. The normalized spacial score (nSPS) is 15.1. The molecule has 1 N–H and O–H groups in total. The van der Waals surface area contributed by atoms with Crippen molar-refractivity contribution in [3.8, 4) is 5.75 Å². The summed E-state index contributed by atoms with van der Waals surface area (Å²) in [5.74, 6) is -0.762. The number of rotatable bonds is 6. The van der Waals surface area contributed by atoms with Crippen molar-refractivity contribution in [2.45, 2.75) is 30.6 Å². The predicted octanol–water partition coefficient (Wildman–Crippen LogP) is 3.66. The molecule has 0 saturated carbocycles. The molecule has 1 aliphatic rings. The van der Waals surface area contributed by atoms with Gasteiger partial charge in [0.1, 0.15) is 10.6 Å². The third-order valence-electron chi connectivity index (χ3n) is 4.24. The number of para-hydroxylation sites is 1. The molecule has 1 heterocycles. The molecule has 0 radical (unpaired) electrons. The summed E-state index contributed by atoms with van der Waals surface area (Å²) in [5, 5.41) is 0. The van der Waals surface area contributed by atoms with Gasteiger partial charge in [0, 0.05) is 25.3 Å². The minimum Gasteiger partial charge on any atom is -0.404 e. The summed E-state index contributed by atoms with van der Waals surface area (Å²) < 4.78 is 68.4. The summed E-state index contributed by atoms with van der Waals surface area (Å²) in [6.07, 6.45) is -2.67.